The van der Waals surface area contributed by atoms with Gasteiger partial charge in [0.2, 0.25) is 0 Å². The number of hydrogen-bond acceptors (Lipinski definition) is 2. The van der Waals surface area contributed by atoms with Crippen molar-refractivity contribution in [3.05, 3.63) is 0 Å². The first-order valence-corrected chi connectivity index (χ1v) is 7.99. The topological polar surface area (TPSA) is 20.3 Å². The van der Waals surface area contributed by atoms with Gasteiger partial charge in [-0.2, -0.15) is 0 Å². The largest absolute Gasteiger partial charge is 0.299 e. The number of Topliss-reactive ketones (excluding diaryl/α,β-unsaturated/α-hetero) is 1. The standard InChI is InChI=1S/C16H29NO/c1-3-13(2)12-17-11-7-6-9-15(17)14-8-4-5-10-16(14)18/h13-15H,3-12H2,1-2H3. The van der Waals surface area contributed by atoms with Gasteiger partial charge in [-0.3, -0.25) is 9.69 Å². The zero-order valence-electron chi connectivity index (χ0n) is 12.2. The van der Waals surface area contributed by atoms with Crippen LogP contribution in [0, 0.1) is 11.8 Å². The summed E-state index contributed by atoms with van der Waals surface area (Å²) in [6.45, 7) is 7.04. The Morgan fingerprint density at radius 2 is 2.00 bits per heavy atom. The summed E-state index contributed by atoms with van der Waals surface area (Å²) in [7, 11) is 0. The molecule has 0 aromatic rings. The van der Waals surface area contributed by atoms with Crippen molar-refractivity contribution in [3.63, 3.8) is 0 Å². The summed E-state index contributed by atoms with van der Waals surface area (Å²) in [4.78, 5) is 14.8. The Bertz CT molecular complexity index is 276. The highest BCUT2D eigenvalue weighted by Crippen LogP contribution is 2.32. The van der Waals surface area contributed by atoms with Crippen molar-refractivity contribution in [1.29, 1.82) is 0 Å². The van der Waals surface area contributed by atoms with Gasteiger partial charge in [0, 0.05) is 24.9 Å². The molecule has 0 bridgehead atoms. The summed E-state index contributed by atoms with van der Waals surface area (Å²) in [6, 6.07) is 0.570. The number of likely N-dealkylation sites (tertiary alicyclic amines) is 1. The van der Waals surface area contributed by atoms with Crippen LogP contribution in [0.1, 0.15) is 65.2 Å². The first-order chi connectivity index (χ1) is 8.72. The molecule has 2 heteroatoms. The lowest BCUT2D eigenvalue weighted by molar-refractivity contribution is -0.127. The van der Waals surface area contributed by atoms with E-state index < -0.39 is 0 Å². The molecule has 3 unspecified atom stereocenters. The van der Waals surface area contributed by atoms with Gasteiger partial charge in [0.05, 0.1) is 0 Å². The SMILES string of the molecule is CCC(C)CN1CCCCC1C1CCCCC1=O. The molecule has 3 atom stereocenters. The molecule has 1 saturated carbocycles. The van der Waals surface area contributed by atoms with Crippen LogP contribution in [0.2, 0.25) is 0 Å². The third-order valence-electron chi connectivity index (χ3n) is 4.97. The van der Waals surface area contributed by atoms with Crippen LogP contribution < -0.4 is 0 Å². The quantitative estimate of drug-likeness (QED) is 0.760. The van der Waals surface area contributed by atoms with Crippen LogP contribution >= 0.6 is 0 Å². The van der Waals surface area contributed by atoms with Gasteiger partial charge in [-0.05, 0) is 38.1 Å². The van der Waals surface area contributed by atoms with Crippen molar-refractivity contribution in [1.82, 2.24) is 4.90 Å². The van der Waals surface area contributed by atoms with Gasteiger partial charge < -0.3 is 0 Å². The highest BCUT2D eigenvalue weighted by Gasteiger charge is 2.35. The van der Waals surface area contributed by atoms with Gasteiger partial charge in [-0.1, -0.05) is 33.1 Å². The first kappa shape index (κ1) is 14.0. The fourth-order valence-electron chi connectivity index (χ4n) is 3.65. The van der Waals surface area contributed by atoms with E-state index in [0.717, 1.165) is 25.2 Å². The molecule has 0 amide bonds. The average molecular weight is 251 g/mol. The van der Waals surface area contributed by atoms with Crippen molar-refractivity contribution in [2.75, 3.05) is 13.1 Å². The van der Waals surface area contributed by atoms with Crippen LogP contribution in [0.15, 0.2) is 0 Å². The summed E-state index contributed by atoms with van der Waals surface area (Å²) >= 11 is 0. The minimum absolute atomic E-state index is 0.364. The van der Waals surface area contributed by atoms with Gasteiger partial charge in [-0.25, -0.2) is 0 Å². The van der Waals surface area contributed by atoms with Crippen molar-refractivity contribution < 1.29 is 4.79 Å². The van der Waals surface area contributed by atoms with E-state index in [2.05, 4.69) is 18.7 Å². The molecule has 2 nitrogen and oxygen atoms in total. The van der Waals surface area contributed by atoms with Crippen LogP contribution in [0.3, 0.4) is 0 Å². The van der Waals surface area contributed by atoms with E-state index >= 15 is 0 Å². The second-order valence-corrected chi connectivity index (χ2v) is 6.39. The lowest BCUT2D eigenvalue weighted by Crippen LogP contribution is -2.48. The Hall–Kier alpha value is -0.370. The molecule has 0 aromatic heterocycles. The third-order valence-corrected chi connectivity index (χ3v) is 4.97. The van der Waals surface area contributed by atoms with E-state index in [1.807, 2.05) is 0 Å². The van der Waals surface area contributed by atoms with E-state index in [4.69, 9.17) is 0 Å². The summed E-state index contributed by atoms with van der Waals surface area (Å²) in [6.07, 6.45) is 9.56. The molecule has 2 fully saturated rings. The van der Waals surface area contributed by atoms with Crippen LogP contribution in [-0.4, -0.2) is 29.8 Å². The molecule has 18 heavy (non-hydrogen) atoms. The molecule has 1 heterocycles. The zero-order valence-corrected chi connectivity index (χ0v) is 12.2. The van der Waals surface area contributed by atoms with Crippen molar-refractivity contribution >= 4 is 5.78 Å². The Labute approximate surface area is 112 Å². The Balaban J connectivity index is 1.99. The molecule has 2 aliphatic rings. The molecule has 2 rings (SSSR count). The van der Waals surface area contributed by atoms with Crippen molar-refractivity contribution in [2.24, 2.45) is 11.8 Å². The maximum Gasteiger partial charge on any atom is 0.137 e. The van der Waals surface area contributed by atoms with Crippen LogP contribution in [0.25, 0.3) is 0 Å². The highest BCUT2D eigenvalue weighted by atomic mass is 16.1. The van der Waals surface area contributed by atoms with Crippen LogP contribution in [0.4, 0.5) is 0 Å². The number of piperidine rings is 1. The summed E-state index contributed by atoms with van der Waals surface area (Å²) in [5.41, 5.74) is 0. The van der Waals surface area contributed by atoms with Gasteiger partial charge >= 0.3 is 0 Å². The Morgan fingerprint density at radius 1 is 1.22 bits per heavy atom. The highest BCUT2D eigenvalue weighted by molar-refractivity contribution is 5.82. The zero-order chi connectivity index (χ0) is 13.0. The van der Waals surface area contributed by atoms with E-state index in [1.54, 1.807) is 0 Å². The molecule has 0 aromatic carbocycles. The molecule has 1 saturated heterocycles. The predicted molar refractivity (Wildman–Crippen MR) is 75.6 cm³/mol. The Morgan fingerprint density at radius 3 is 2.72 bits per heavy atom. The maximum atomic E-state index is 12.2. The van der Waals surface area contributed by atoms with Crippen molar-refractivity contribution in [3.8, 4) is 0 Å². The number of ketones is 1. The monoisotopic (exact) mass is 251 g/mol. The summed E-state index contributed by atoms with van der Waals surface area (Å²) < 4.78 is 0. The minimum Gasteiger partial charge on any atom is -0.299 e. The van der Waals surface area contributed by atoms with Gasteiger partial charge in [0.25, 0.3) is 0 Å². The summed E-state index contributed by atoms with van der Waals surface area (Å²) in [5.74, 6) is 1.69. The minimum atomic E-state index is 0.364. The molecule has 1 aliphatic carbocycles. The van der Waals surface area contributed by atoms with Gasteiger partial charge in [0.15, 0.2) is 0 Å². The first-order valence-electron chi connectivity index (χ1n) is 7.99. The lowest BCUT2D eigenvalue weighted by Gasteiger charge is -2.42. The third kappa shape index (κ3) is 3.34. The average Bonchev–Trinajstić information content (AvgIpc) is 2.40. The fourth-order valence-corrected chi connectivity index (χ4v) is 3.65. The lowest BCUT2D eigenvalue weighted by atomic mass is 9.78. The molecule has 0 N–H and O–H groups in total. The number of hydrogen-bond donors (Lipinski definition) is 0. The van der Waals surface area contributed by atoms with E-state index in [1.165, 1.54) is 45.2 Å². The second kappa shape index (κ2) is 6.70. The molecule has 0 spiro atoms. The smallest absolute Gasteiger partial charge is 0.137 e. The number of rotatable bonds is 4. The van der Waals surface area contributed by atoms with E-state index in [-0.39, 0.29) is 0 Å². The maximum absolute atomic E-state index is 12.2. The predicted octanol–water partition coefficient (Wildman–Crippen LogP) is 3.65. The second-order valence-electron chi connectivity index (χ2n) is 6.39. The molecule has 0 radical (unpaired) electrons. The van der Waals surface area contributed by atoms with Crippen molar-refractivity contribution in [2.45, 2.75) is 71.3 Å². The molecule has 104 valence electrons. The van der Waals surface area contributed by atoms with Gasteiger partial charge in [-0.15, -0.1) is 0 Å². The number of carbonyl (C=O) groups excluding carboxylic acids is 1. The van der Waals surface area contributed by atoms with E-state index in [9.17, 15) is 4.79 Å². The molecular formula is C16H29NO. The normalized spacial score (nSPS) is 32.4. The fraction of sp³-hybridized carbons (Fsp3) is 0.938. The van der Waals surface area contributed by atoms with Crippen LogP contribution in [0.5, 0.6) is 0 Å². The number of carbonyl (C=O) groups is 1. The Kier molecular flexibility index (Phi) is 5.23. The number of nitrogens with zero attached hydrogens (tertiary/aromatic N) is 1. The summed E-state index contributed by atoms with van der Waals surface area (Å²) in [5, 5.41) is 0. The van der Waals surface area contributed by atoms with Crippen LogP contribution in [-0.2, 0) is 4.79 Å². The molecule has 1 aliphatic heterocycles. The van der Waals surface area contributed by atoms with Gasteiger partial charge in [0.1, 0.15) is 5.78 Å². The molecular weight excluding hydrogens is 222 g/mol. The van der Waals surface area contributed by atoms with E-state index in [0.29, 0.717) is 17.7 Å².